The minimum Gasteiger partial charge on any atom is -0.298 e. The van der Waals surface area contributed by atoms with Crippen LogP contribution in [0.3, 0.4) is 0 Å². The molecule has 4 saturated carbocycles. The average molecular weight is 334 g/mol. The Balaban J connectivity index is 1.93. The fourth-order valence-corrected chi connectivity index (χ4v) is 6.95. The predicted molar refractivity (Wildman–Crippen MR) is 61.0 cm³/mol. The number of hydrogen-bond donors (Lipinski definition) is 0. The Bertz CT molecular complexity index is 358. The van der Waals surface area contributed by atoms with Crippen molar-refractivity contribution in [3.63, 3.8) is 0 Å². The molecule has 0 spiro atoms. The van der Waals surface area contributed by atoms with Gasteiger partial charge in [-0.3, -0.25) is 9.59 Å². The Hall–Kier alpha value is 0.300. The standard InChI is InChI=1S/C11H10Br2O2/c12-8-4-2-1-3-5(4)9(13)11(15)7(3)6(2)10(8)14/h2-9H,1H2/t2-,3+,4-,5?,6+,7-,8-,9?/m0/s1. The van der Waals surface area contributed by atoms with Crippen LogP contribution in [0.15, 0.2) is 0 Å². The van der Waals surface area contributed by atoms with E-state index >= 15 is 0 Å². The van der Waals surface area contributed by atoms with Crippen LogP contribution in [0.1, 0.15) is 6.42 Å². The Morgan fingerprint density at radius 3 is 1.67 bits per heavy atom. The molecule has 0 aromatic heterocycles. The second-order valence-corrected chi connectivity index (χ2v) is 7.35. The zero-order chi connectivity index (χ0) is 10.5. The molecule has 0 aromatic carbocycles. The van der Waals surface area contributed by atoms with Gasteiger partial charge in [0.05, 0.1) is 9.65 Å². The summed E-state index contributed by atoms with van der Waals surface area (Å²) in [5, 5.41) is 0. The number of halogens is 2. The number of hydrogen-bond acceptors (Lipinski definition) is 2. The van der Waals surface area contributed by atoms with Gasteiger partial charge in [0.1, 0.15) is 0 Å². The van der Waals surface area contributed by atoms with Crippen molar-refractivity contribution in [1.29, 1.82) is 0 Å². The zero-order valence-corrected chi connectivity index (χ0v) is 11.1. The molecule has 2 bridgehead atoms. The topological polar surface area (TPSA) is 34.1 Å². The van der Waals surface area contributed by atoms with E-state index in [-0.39, 0.29) is 21.5 Å². The fourth-order valence-electron chi connectivity index (χ4n) is 4.85. The van der Waals surface area contributed by atoms with Crippen LogP contribution < -0.4 is 0 Å². The third-order valence-corrected chi connectivity index (χ3v) is 7.29. The minimum absolute atomic E-state index is 0.0284. The maximum absolute atomic E-state index is 12.1. The molecule has 2 unspecified atom stereocenters. The van der Waals surface area contributed by atoms with Crippen molar-refractivity contribution in [2.45, 2.75) is 16.1 Å². The van der Waals surface area contributed by atoms with Crippen molar-refractivity contribution < 1.29 is 9.59 Å². The third-order valence-electron chi connectivity index (χ3n) is 5.16. The molecular formula is C11H10Br2O2. The van der Waals surface area contributed by atoms with Crippen LogP contribution in [0.4, 0.5) is 0 Å². The van der Waals surface area contributed by atoms with Crippen molar-refractivity contribution in [1.82, 2.24) is 0 Å². The number of ketones is 2. The second kappa shape index (κ2) is 2.58. The first-order valence-corrected chi connectivity index (χ1v) is 7.31. The lowest BCUT2D eigenvalue weighted by Crippen LogP contribution is -2.29. The van der Waals surface area contributed by atoms with Gasteiger partial charge in [-0.1, -0.05) is 31.9 Å². The van der Waals surface area contributed by atoms with Gasteiger partial charge >= 0.3 is 0 Å². The van der Waals surface area contributed by atoms with Crippen LogP contribution in [0.5, 0.6) is 0 Å². The highest BCUT2D eigenvalue weighted by Gasteiger charge is 2.74. The van der Waals surface area contributed by atoms with Crippen molar-refractivity contribution in [3.8, 4) is 0 Å². The Kier molecular flexibility index (Phi) is 1.61. The van der Waals surface area contributed by atoms with E-state index in [4.69, 9.17) is 0 Å². The largest absolute Gasteiger partial charge is 0.298 e. The molecule has 0 aromatic rings. The van der Waals surface area contributed by atoms with Crippen LogP contribution in [-0.2, 0) is 9.59 Å². The first kappa shape index (κ1) is 9.34. The highest BCUT2D eigenvalue weighted by Crippen LogP contribution is 2.70. The van der Waals surface area contributed by atoms with Gasteiger partial charge in [0.2, 0.25) is 0 Å². The van der Waals surface area contributed by atoms with Gasteiger partial charge in [-0.25, -0.2) is 0 Å². The molecule has 0 saturated heterocycles. The summed E-state index contributed by atoms with van der Waals surface area (Å²) in [7, 11) is 0. The van der Waals surface area contributed by atoms with Crippen LogP contribution >= 0.6 is 31.9 Å². The number of alkyl halides is 2. The van der Waals surface area contributed by atoms with Crippen molar-refractivity contribution >= 4 is 43.4 Å². The number of carbonyl (C=O) groups is 2. The van der Waals surface area contributed by atoms with E-state index in [9.17, 15) is 9.59 Å². The summed E-state index contributed by atoms with van der Waals surface area (Å²) in [5.41, 5.74) is 0. The summed E-state index contributed by atoms with van der Waals surface area (Å²) in [6, 6.07) is 0. The summed E-state index contributed by atoms with van der Waals surface area (Å²) in [5.74, 6) is 2.63. The predicted octanol–water partition coefficient (Wildman–Crippen LogP) is 1.79. The van der Waals surface area contributed by atoms with Gasteiger partial charge in [-0.05, 0) is 30.1 Å². The fraction of sp³-hybridized carbons (Fsp3) is 0.818. The Morgan fingerprint density at radius 2 is 1.27 bits per heavy atom. The van der Waals surface area contributed by atoms with Crippen LogP contribution in [-0.4, -0.2) is 21.2 Å². The van der Waals surface area contributed by atoms with Crippen molar-refractivity contribution in [2.24, 2.45) is 35.5 Å². The lowest BCUT2D eigenvalue weighted by Gasteiger charge is -2.25. The second-order valence-electron chi connectivity index (χ2n) is 5.38. The highest BCUT2D eigenvalue weighted by atomic mass is 79.9. The molecule has 4 rings (SSSR count). The molecule has 0 N–H and O–H groups in total. The summed E-state index contributed by atoms with van der Waals surface area (Å²) in [6.45, 7) is 0. The molecule has 8 atom stereocenters. The van der Waals surface area contributed by atoms with Crippen LogP contribution in [0, 0.1) is 35.5 Å². The number of fused-ring (bicyclic) bond motifs is 2. The first-order chi connectivity index (χ1) is 7.13. The normalized spacial score (nSPS) is 64.7. The average Bonchev–Trinajstić information content (AvgIpc) is 2.85. The molecule has 4 fully saturated rings. The van der Waals surface area contributed by atoms with E-state index in [2.05, 4.69) is 31.9 Å². The number of Topliss-reactive ketones (excluding diaryl/α,β-unsaturated/α-hetero) is 2. The molecule has 4 heteroatoms. The number of carbonyl (C=O) groups excluding carboxylic acids is 2. The zero-order valence-electron chi connectivity index (χ0n) is 7.90. The van der Waals surface area contributed by atoms with Gasteiger partial charge in [-0.2, -0.15) is 0 Å². The molecule has 2 nitrogen and oxygen atoms in total. The van der Waals surface area contributed by atoms with Gasteiger partial charge in [0.15, 0.2) is 11.6 Å². The number of rotatable bonds is 0. The van der Waals surface area contributed by atoms with E-state index < -0.39 is 0 Å². The van der Waals surface area contributed by atoms with E-state index in [1.807, 2.05) is 0 Å². The molecule has 4 aliphatic rings. The summed E-state index contributed by atoms with van der Waals surface area (Å²) in [4.78, 5) is 24.2. The van der Waals surface area contributed by atoms with Crippen molar-refractivity contribution in [3.05, 3.63) is 0 Å². The van der Waals surface area contributed by atoms with E-state index in [0.717, 1.165) is 6.42 Å². The highest BCUT2D eigenvalue weighted by molar-refractivity contribution is 9.10. The minimum atomic E-state index is 0.0284. The molecule has 0 amide bonds. The smallest absolute Gasteiger partial charge is 0.150 e. The lowest BCUT2D eigenvalue weighted by atomic mass is 9.79. The summed E-state index contributed by atoms with van der Waals surface area (Å²) >= 11 is 7.09. The summed E-state index contributed by atoms with van der Waals surface area (Å²) in [6.07, 6.45) is 1.12. The van der Waals surface area contributed by atoms with Gasteiger partial charge in [-0.15, -0.1) is 0 Å². The van der Waals surface area contributed by atoms with E-state index in [0.29, 0.717) is 35.2 Å². The molecule has 15 heavy (non-hydrogen) atoms. The first-order valence-electron chi connectivity index (χ1n) is 5.48. The molecule has 80 valence electrons. The lowest BCUT2D eigenvalue weighted by molar-refractivity contribution is -0.128. The molecular weight excluding hydrogens is 324 g/mol. The van der Waals surface area contributed by atoms with Crippen LogP contribution in [0.25, 0.3) is 0 Å². The molecule has 4 aliphatic carbocycles. The van der Waals surface area contributed by atoms with Gasteiger partial charge in [0.25, 0.3) is 0 Å². The van der Waals surface area contributed by atoms with E-state index in [1.54, 1.807) is 0 Å². The Labute approximate surface area is 104 Å². The molecule has 0 heterocycles. The quantitative estimate of drug-likeness (QED) is 0.633. The van der Waals surface area contributed by atoms with Crippen molar-refractivity contribution in [2.75, 3.05) is 0 Å². The maximum Gasteiger partial charge on any atom is 0.150 e. The SMILES string of the molecule is O=C1C(Br)C2[C@@H]3[C@@H]4C[C@H]2[C@H]1[C@@H]4C(=O)[C@H]3Br. The monoisotopic (exact) mass is 332 g/mol. The molecule has 0 radical (unpaired) electrons. The Morgan fingerprint density at radius 1 is 0.867 bits per heavy atom. The maximum atomic E-state index is 12.1. The summed E-state index contributed by atoms with van der Waals surface area (Å²) < 4.78 is 0. The van der Waals surface area contributed by atoms with Crippen LogP contribution in [0.2, 0.25) is 0 Å². The third kappa shape index (κ3) is 0.791. The van der Waals surface area contributed by atoms with Gasteiger partial charge < -0.3 is 0 Å². The van der Waals surface area contributed by atoms with Gasteiger partial charge in [0, 0.05) is 11.8 Å². The molecule has 0 aliphatic heterocycles. The van der Waals surface area contributed by atoms with E-state index in [1.165, 1.54) is 0 Å².